The molecule has 78 valence electrons. The molecule has 0 aliphatic carbocycles. The number of hydrogen-bond donors (Lipinski definition) is 1. The van der Waals surface area contributed by atoms with Crippen molar-refractivity contribution in [2.75, 3.05) is 19.6 Å². The Morgan fingerprint density at radius 2 is 1.85 bits per heavy atom. The highest BCUT2D eigenvalue weighted by molar-refractivity contribution is 4.82. The van der Waals surface area contributed by atoms with Gasteiger partial charge in [0, 0.05) is 31.7 Å². The highest BCUT2D eigenvalue weighted by Crippen LogP contribution is 2.13. The number of rotatable bonds is 2. The molecule has 1 saturated heterocycles. The predicted molar refractivity (Wildman–Crippen MR) is 56.5 cm³/mol. The molecule has 0 saturated carbocycles. The fourth-order valence-corrected chi connectivity index (χ4v) is 2.14. The second-order valence-electron chi connectivity index (χ2n) is 4.42. The minimum atomic E-state index is 0.205. The van der Waals surface area contributed by atoms with Crippen LogP contribution in [0, 0.1) is 0 Å². The van der Waals surface area contributed by atoms with Crippen molar-refractivity contribution in [3.05, 3.63) is 0 Å². The number of nitrogens with two attached hydrogens (primary N) is 1. The van der Waals surface area contributed by atoms with Crippen LogP contribution in [-0.2, 0) is 0 Å². The smallest absolute Gasteiger partial charge is 0.0543 e. The Bertz CT molecular complexity index is 156. The maximum atomic E-state index is 5.86. The molecule has 1 heterocycles. The summed E-state index contributed by atoms with van der Waals surface area (Å²) in [5.41, 5.74) is 5.86. The van der Waals surface area contributed by atoms with Gasteiger partial charge >= 0.3 is 0 Å². The molecule has 1 unspecified atom stereocenters. The van der Waals surface area contributed by atoms with Crippen molar-refractivity contribution in [1.29, 1.82) is 0 Å². The Labute approximate surface area is 81.9 Å². The van der Waals surface area contributed by atoms with Crippen LogP contribution in [0.5, 0.6) is 0 Å². The topological polar surface area (TPSA) is 32.5 Å². The zero-order valence-corrected chi connectivity index (χ0v) is 9.33. The van der Waals surface area contributed by atoms with Crippen LogP contribution in [0.2, 0.25) is 0 Å². The first-order valence-electron chi connectivity index (χ1n) is 5.27. The summed E-state index contributed by atoms with van der Waals surface area (Å²) in [5, 5.41) is 0. The minimum Gasteiger partial charge on any atom is -0.316 e. The Hall–Kier alpha value is -0.120. The molecule has 0 aromatic rings. The van der Waals surface area contributed by atoms with E-state index in [4.69, 9.17) is 5.73 Å². The molecule has 0 radical (unpaired) electrons. The Morgan fingerprint density at radius 3 is 2.23 bits per heavy atom. The maximum absolute atomic E-state index is 5.86. The van der Waals surface area contributed by atoms with E-state index < -0.39 is 0 Å². The molecule has 0 aromatic carbocycles. The van der Waals surface area contributed by atoms with Gasteiger partial charge in [-0.05, 0) is 27.7 Å². The van der Waals surface area contributed by atoms with Crippen molar-refractivity contribution in [3.63, 3.8) is 0 Å². The fourth-order valence-electron chi connectivity index (χ4n) is 2.14. The summed E-state index contributed by atoms with van der Waals surface area (Å²) in [6.45, 7) is 12.2. The second kappa shape index (κ2) is 4.40. The van der Waals surface area contributed by atoms with Gasteiger partial charge in [0.2, 0.25) is 0 Å². The Kier molecular flexibility index (Phi) is 3.71. The molecule has 0 amide bonds. The van der Waals surface area contributed by atoms with Crippen LogP contribution in [0.3, 0.4) is 0 Å². The van der Waals surface area contributed by atoms with Crippen molar-refractivity contribution in [2.45, 2.75) is 45.9 Å². The van der Waals surface area contributed by atoms with E-state index in [1.165, 1.54) is 0 Å². The third-order valence-electron chi connectivity index (χ3n) is 2.95. The highest BCUT2D eigenvalue weighted by atomic mass is 15.3. The van der Waals surface area contributed by atoms with Gasteiger partial charge in [-0.3, -0.25) is 9.80 Å². The van der Waals surface area contributed by atoms with Crippen LogP contribution in [0.1, 0.15) is 27.7 Å². The fraction of sp³-hybridized carbons (Fsp3) is 1.00. The van der Waals surface area contributed by atoms with Gasteiger partial charge in [-0.15, -0.1) is 0 Å². The van der Waals surface area contributed by atoms with Crippen LogP contribution in [-0.4, -0.2) is 47.7 Å². The lowest BCUT2D eigenvalue weighted by Gasteiger charge is -2.43. The molecule has 2 atom stereocenters. The largest absolute Gasteiger partial charge is 0.316 e. The molecular formula is C10H23N3. The van der Waals surface area contributed by atoms with E-state index in [9.17, 15) is 0 Å². The summed E-state index contributed by atoms with van der Waals surface area (Å²) in [6, 6.07) is 1.30. The minimum absolute atomic E-state index is 0.205. The molecule has 1 fully saturated rings. The summed E-state index contributed by atoms with van der Waals surface area (Å²) >= 11 is 0. The summed E-state index contributed by atoms with van der Waals surface area (Å²) in [6.07, 6.45) is 0.205. The molecule has 1 aliphatic heterocycles. The first kappa shape index (κ1) is 11.0. The number of hydrogen-bond acceptors (Lipinski definition) is 3. The molecule has 13 heavy (non-hydrogen) atoms. The van der Waals surface area contributed by atoms with Crippen LogP contribution >= 0.6 is 0 Å². The van der Waals surface area contributed by atoms with Gasteiger partial charge in [0.05, 0.1) is 6.17 Å². The van der Waals surface area contributed by atoms with E-state index >= 15 is 0 Å². The quantitative estimate of drug-likeness (QED) is 0.687. The Balaban J connectivity index is 2.46. The first-order valence-corrected chi connectivity index (χ1v) is 5.27. The van der Waals surface area contributed by atoms with Crippen LogP contribution in [0.15, 0.2) is 0 Å². The summed E-state index contributed by atoms with van der Waals surface area (Å²) < 4.78 is 0. The van der Waals surface area contributed by atoms with Crippen molar-refractivity contribution in [2.24, 2.45) is 5.73 Å². The SMILES string of the molecule is CC(C)N1CCN([C@@H](C)N)CC1C. The second-order valence-corrected chi connectivity index (χ2v) is 4.42. The molecule has 1 rings (SSSR count). The molecule has 3 nitrogen and oxygen atoms in total. The molecule has 0 spiro atoms. The highest BCUT2D eigenvalue weighted by Gasteiger charge is 2.26. The van der Waals surface area contributed by atoms with Gasteiger partial charge in [-0.1, -0.05) is 0 Å². The first-order chi connectivity index (χ1) is 6.02. The molecule has 0 bridgehead atoms. The number of piperazine rings is 1. The van der Waals surface area contributed by atoms with Gasteiger partial charge in [0.25, 0.3) is 0 Å². The van der Waals surface area contributed by atoms with Crippen LogP contribution in [0.4, 0.5) is 0 Å². The van der Waals surface area contributed by atoms with E-state index in [0.717, 1.165) is 19.6 Å². The van der Waals surface area contributed by atoms with Crippen molar-refractivity contribution < 1.29 is 0 Å². The summed E-state index contributed by atoms with van der Waals surface area (Å²) in [5.74, 6) is 0. The molecule has 1 aliphatic rings. The molecule has 2 N–H and O–H groups in total. The van der Waals surface area contributed by atoms with Crippen LogP contribution in [0.25, 0.3) is 0 Å². The predicted octanol–water partition coefficient (Wildman–Crippen LogP) is 0.706. The normalized spacial score (nSPS) is 29.5. The lowest BCUT2D eigenvalue weighted by Crippen LogP contribution is -2.57. The average molecular weight is 185 g/mol. The van der Waals surface area contributed by atoms with Crippen molar-refractivity contribution >= 4 is 0 Å². The van der Waals surface area contributed by atoms with Gasteiger partial charge < -0.3 is 5.73 Å². The van der Waals surface area contributed by atoms with Gasteiger partial charge in [-0.25, -0.2) is 0 Å². The maximum Gasteiger partial charge on any atom is 0.0543 e. The third-order valence-corrected chi connectivity index (χ3v) is 2.95. The standard InChI is InChI=1S/C10H23N3/c1-8(2)13-6-5-12(10(4)11)7-9(13)3/h8-10H,5-7,11H2,1-4H3/t9?,10-/m0/s1. The molecular weight excluding hydrogens is 162 g/mol. The Morgan fingerprint density at radius 1 is 1.23 bits per heavy atom. The lowest BCUT2D eigenvalue weighted by molar-refractivity contribution is 0.0422. The zero-order chi connectivity index (χ0) is 10.0. The third kappa shape index (κ3) is 2.66. The lowest BCUT2D eigenvalue weighted by atomic mass is 10.1. The summed E-state index contributed by atoms with van der Waals surface area (Å²) in [7, 11) is 0. The van der Waals surface area contributed by atoms with Crippen LogP contribution < -0.4 is 5.73 Å². The van der Waals surface area contributed by atoms with Gasteiger partial charge in [-0.2, -0.15) is 0 Å². The summed E-state index contributed by atoms with van der Waals surface area (Å²) in [4.78, 5) is 4.89. The van der Waals surface area contributed by atoms with Gasteiger partial charge in [0.1, 0.15) is 0 Å². The average Bonchev–Trinajstić information content (AvgIpc) is 2.03. The van der Waals surface area contributed by atoms with E-state index in [2.05, 4.69) is 37.5 Å². The van der Waals surface area contributed by atoms with E-state index in [-0.39, 0.29) is 6.17 Å². The number of nitrogens with zero attached hydrogens (tertiary/aromatic N) is 2. The monoisotopic (exact) mass is 185 g/mol. The molecule has 0 aromatic heterocycles. The van der Waals surface area contributed by atoms with E-state index in [1.54, 1.807) is 0 Å². The van der Waals surface area contributed by atoms with E-state index in [0.29, 0.717) is 12.1 Å². The van der Waals surface area contributed by atoms with Gasteiger partial charge in [0.15, 0.2) is 0 Å². The van der Waals surface area contributed by atoms with E-state index in [1.807, 2.05) is 0 Å². The zero-order valence-electron chi connectivity index (χ0n) is 9.33. The van der Waals surface area contributed by atoms with Crippen molar-refractivity contribution in [1.82, 2.24) is 9.80 Å². The molecule has 3 heteroatoms. The van der Waals surface area contributed by atoms with Crippen molar-refractivity contribution in [3.8, 4) is 0 Å².